The molecule has 1 unspecified atom stereocenters. The van der Waals surface area contributed by atoms with E-state index < -0.39 is 23.8 Å². The van der Waals surface area contributed by atoms with Gasteiger partial charge in [-0.15, -0.1) is 0 Å². The fourth-order valence-electron chi connectivity index (χ4n) is 3.83. The van der Waals surface area contributed by atoms with Gasteiger partial charge < -0.3 is 15.0 Å². The third-order valence-corrected chi connectivity index (χ3v) is 5.45. The largest absolute Gasteiger partial charge is 0.377 e. The number of anilines is 2. The highest BCUT2D eigenvalue weighted by Crippen LogP contribution is 2.32. The van der Waals surface area contributed by atoms with E-state index in [1.165, 1.54) is 12.1 Å². The fourth-order valence-corrected chi connectivity index (χ4v) is 3.83. The number of aromatic nitrogens is 2. The molecule has 3 aromatic rings. The Morgan fingerprint density at radius 2 is 2.00 bits per heavy atom. The topological polar surface area (TPSA) is 50.3 Å². The molecule has 8 heteroatoms. The number of ether oxygens (including phenoxy) is 1. The molecule has 0 bridgehead atoms. The number of nitrogens with one attached hydrogen (secondary N) is 1. The van der Waals surface area contributed by atoms with Crippen molar-refractivity contribution in [2.75, 3.05) is 30.0 Å². The molecule has 0 amide bonds. The normalized spacial score (nSPS) is 18.1. The highest BCUT2D eigenvalue weighted by Gasteiger charge is 2.22. The van der Waals surface area contributed by atoms with Crippen molar-refractivity contribution in [3.63, 3.8) is 0 Å². The van der Waals surface area contributed by atoms with Crippen LogP contribution in [0, 0.1) is 5.82 Å². The number of fused-ring (bicyclic) bond motifs is 1. The first kappa shape index (κ1) is 20.4. The maximum atomic E-state index is 14.6. The van der Waals surface area contributed by atoms with Gasteiger partial charge in [-0.05, 0) is 32.0 Å². The van der Waals surface area contributed by atoms with E-state index in [1.807, 2.05) is 18.2 Å². The van der Waals surface area contributed by atoms with E-state index in [2.05, 4.69) is 27.3 Å². The van der Waals surface area contributed by atoms with E-state index in [1.54, 1.807) is 13.1 Å². The lowest BCUT2D eigenvalue weighted by Crippen LogP contribution is -2.43. The van der Waals surface area contributed by atoms with Gasteiger partial charge in [-0.2, -0.15) is 10.2 Å². The van der Waals surface area contributed by atoms with E-state index in [4.69, 9.17) is 4.74 Å². The van der Waals surface area contributed by atoms with Crippen LogP contribution in [0.4, 0.5) is 24.5 Å². The smallest absolute Gasteiger partial charge is 0.266 e. The lowest BCUT2D eigenvalue weighted by atomic mass is 10.0. The highest BCUT2D eigenvalue weighted by molar-refractivity contribution is 5.93. The summed E-state index contributed by atoms with van der Waals surface area (Å²) in [6.45, 7) is 5.95. The Kier molecular flexibility index (Phi) is 5.76. The van der Waals surface area contributed by atoms with Crippen LogP contribution in [-0.2, 0) is 4.74 Å². The van der Waals surface area contributed by atoms with Crippen LogP contribution in [0.25, 0.3) is 10.9 Å². The van der Waals surface area contributed by atoms with Crippen molar-refractivity contribution in [1.29, 1.82) is 0 Å². The molecular formula is C22H23F3N4O. The predicted molar refractivity (Wildman–Crippen MR) is 111 cm³/mol. The van der Waals surface area contributed by atoms with Gasteiger partial charge in [-0.25, -0.2) is 13.2 Å². The van der Waals surface area contributed by atoms with Gasteiger partial charge in [-0.3, -0.25) is 0 Å². The molecule has 0 aliphatic carbocycles. The second-order valence-electron chi connectivity index (χ2n) is 7.49. The van der Waals surface area contributed by atoms with Crippen molar-refractivity contribution in [2.45, 2.75) is 32.4 Å². The SMILES string of the molecule is CC1COCCN1c1ccc2nncc(N[C@H](C)c3cccc(C(F)F)c3F)c2c1. The standard InChI is InChI=1S/C22H23F3N4O/c1-13-12-30-9-8-29(13)15-6-7-19-18(10-15)20(11-26-28-19)27-14(2)16-4-3-5-17(21(16)23)22(24)25/h3-7,10-11,13-14,22H,8-9,12H2,1-2H3,(H,27,28)/t13?,14-/m1/s1. The molecule has 1 aromatic heterocycles. The summed E-state index contributed by atoms with van der Waals surface area (Å²) in [5, 5.41) is 12.3. The average molecular weight is 416 g/mol. The summed E-state index contributed by atoms with van der Waals surface area (Å²) >= 11 is 0. The Morgan fingerprint density at radius 1 is 1.20 bits per heavy atom. The Bertz CT molecular complexity index is 1050. The molecular weight excluding hydrogens is 393 g/mol. The lowest BCUT2D eigenvalue weighted by Gasteiger charge is -2.35. The predicted octanol–water partition coefficient (Wildman–Crippen LogP) is 5.10. The number of rotatable bonds is 5. The number of halogens is 3. The number of hydrogen-bond acceptors (Lipinski definition) is 5. The van der Waals surface area contributed by atoms with Crippen molar-refractivity contribution in [1.82, 2.24) is 10.2 Å². The molecule has 158 valence electrons. The van der Waals surface area contributed by atoms with Crippen molar-refractivity contribution < 1.29 is 17.9 Å². The third kappa shape index (κ3) is 3.92. The molecule has 2 aromatic carbocycles. The van der Waals surface area contributed by atoms with Crippen LogP contribution >= 0.6 is 0 Å². The fraction of sp³-hybridized carbons (Fsp3) is 0.364. The van der Waals surface area contributed by atoms with E-state index in [0.717, 1.165) is 23.7 Å². The number of morpholine rings is 1. The summed E-state index contributed by atoms with van der Waals surface area (Å²) in [5.74, 6) is -0.887. The zero-order chi connectivity index (χ0) is 21.3. The summed E-state index contributed by atoms with van der Waals surface area (Å²) in [6, 6.07) is 9.68. The van der Waals surface area contributed by atoms with Gasteiger partial charge in [0.2, 0.25) is 0 Å². The van der Waals surface area contributed by atoms with Gasteiger partial charge in [0.25, 0.3) is 6.43 Å². The monoisotopic (exact) mass is 416 g/mol. The van der Waals surface area contributed by atoms with Crippen LogP contribution in [0.5, 0.6) is 0 Å². The van der Waals surface area contributed by atoms with E-state index in [9.17, 15) is 13.2 Å². The zero-order valence-corrected chi connectivity index (χ0v) is 16.8. The Hall–Kier alpha value is -2.87. The first-order valence-electron chi connectivity index (χ1n) is 9.88. The quantitative estimate of drug-likeness (QED) is 0.627. The first-order chi connectivity index (χ1) is 14.5. The summed E-state index contributed by atoms with van der Waals surface area (Å²) in [6.07, 6.45) is -1.29. The molecule has 0 saturated carbocycles. The Labute approximate surface area is 172 Å². The highest BCUT2D eigenvalue weighted by atomic mass is 19.3. The molecule has 0 spiro atoms. The molecule has 0 radical (unpaired) electrons. The third-order valence-electron chi connectivity index (χ3n) is 5.45. The summed E-state index contributed by atoms with van der Waals surface area (Å²) in [4.78, 5) is 2.27. The van der Waals surface area contributed by atoms with Crippen LogP contribution in [0.15, 0.2) is 42.6 Å². The van der Waals surface area contributed by atoms with E-state index >= 15 is 0 Å². The van der Waals surface area contributed by atoms with Crippen molar-refractivity contribution in [3.8, 4) is 0 Å². The number of hydrogen-bond donors (Lipinski definition) is 1. The molecule has 4 rings (SSSR count). The van der Waals surface area contributed by atoms with Crippen LogP contribution < -0.4 is 10.2 Å². The summed E-state index contributed by atoms with van der Waals surface area (Å²) < 4.78 is 46.2. The maximum absolute atomic E-state index is 14.6. The van der Waals surface area contributed by atoms with Gasteiger partial charge in [0.05, 0.1) is 42.2 Å². The molecule has 2 heterocycles. The molecule has 5 nitrogen and oxygen atoms in total. The van der Waals surface area contributed by atoms with Gasteiger partial charge >= 0.3 is 0 Å². The van der Waals surface area contributed by atoms with Crippen LogP contribution in [0.1, 0.15) is 37.4 Å². The molecule has 1 aliphatic heterocycles. The second-order valence-corrected chi connectivity index (χ2v) is 7.49. The Morgan fingerprint density at radius 3 is 2.77 bits per heavy atom. The van der Waals surface area contributed by atoms with Gasteiger partial charge in [0, 0.05) is 29.2 Å². The van der Waals surface area contributed by atoms with Crippen LogP contribution in [-0.4, -0.2) is 36.0 Å². The molecule has 1 aliphatic rings. The number of alkyl halides is 2. The van der Waals surface area contributed by atoms with Crippen LogP contribution in [0.2, 0.25) is 0 Å². The molecule has 2 atom stereocenters. The molecule has 30 heavy (non-hydrogen) atoms. The van der Waals surface area contributed by atoms with Crippen molar-refractivity contribution >= 4 is 22.3 Å². The minimum Gasteiger partial charge on any atom is -0.377 e. The molecule has 1 fully saturated rings. The van der Waals surface area contributed by atoms with E-state index in [0.29, 0.717) is 24.4 Å². The lowest BCUT2D eigenvalue weighted by molar-refractivity contribution is 0.0989. The van der Waals surface area contributed by atoms with Gasteiger partial charge in [0.1, 0.15) is 5.82 Å². The molecule has 1 N–H and O–H groups in total. The minimum absolute atomic E-state index is 0.177. The maximum Gasteiger partial charge on any atom is 0.266 e. The van der Waals surface area contributed by atoms with Crippen molar-refractivity contribution in [2.24, 2.45) is 0 Å². The summed E-state index contributed by atoms with van der Waals surface area (Å²) in [7, 11) is 0. The first-order valence-corrected chi connectivity index (χ1v) is 9.88. The summed E-state index contributed by atoms with van der Waals surface area (Å²) in [5.41, 5.74) is 1.97. The number of nitrogens with zero attached hydrogens (tertiary/aromatic N) is 3. The van der Waals surface area contributed by atoms with E-state index in [-0.39, 0.29) is 11.6 Å². The average Bonchev–Trinajstić information content (AvgIpc) is 2.74. The van der Waals surface area contributed by atoms with Gasteiger partial charge in [0.15, 0.2) is 0 Å². The number of benzene rings is 2. The van der Waals surface area contributed by atoms with Crippen LogP contribution in [0.3, 0.4) is 0 Å². The minimum atomic E-state index is -2.86. The zero-order valence-electron chi connectivity index (χ0n) is 16.8. The van der Waals surface area contributed by atoms with Crippen molar-refractivity contribution in [3.05, 3.63) is 59.5 Å². The van der Waals surface area contributed by atoms with Gasteiger partial charge in [-0.1, -0.05) is 18.2 Å². The Balaban J connectivity index is 1.67. The second kappa shape index (κ2) is 8.47. The molecule has 1 saturated heterocycles.